The lowest BCUT2D eigenvalue weighted by Crippen LogP contribution is -2.20. The van der Waals surface area contributed by atoms with Crippen molar-refractivity contribution in [2.75, 3.05) is 12.4 Å². The summed E-state index contributed by atoms with van der Waals surface area (Å²) in [4.78, 5) is 28.2. The first-order valence-electron chi connectivity index (χ1n) is 7.12. The first-order chi connectivity index (χ1) is 10.7. The molecular formula is C17H16N2O3. The zero-order valence-electron chi connectivity index (χ0n) is 12.2. The highest BCUT2D eigenvalue weighted by Crippen LogP contribution is 2.34. The number of nitrogens with zero attached hydrogens (tertiary/aromatic N) is 1. The molecule has 1 aromatic carbocycles. The largest absolute Gasteiger partial charge is 0.465 e. The molecule has 0 bridgehead atoms. The van der Waals surface area contributed by atoms with Crippen LogP contribution >= 0.6 is 0 Å². The molecule has 1 unspecified atom stereocenters. The van der Waals surface area contributed by atoms with Crippen LogP contribution in [0.5, 0.6) is 0 Å². The minimum absolute atomic E-state index is 0.0977. The van der Waals surface area contributed by atoms with Crippen molar-refractivity contribution in [1.29, 1.82) is 0 Å². The summed E-state index contributed by atoms with van der Waals surface area (Å²) in [6.07, 6.45) is 3.20. The van der Waals surface area contributed by atoms with E-state index in [1.165, 1.54) is 7.11 Å². The molecule has 2 aromatic rings. The Balaban J connectivity index is 1.83. The molecule has 0 saturated heterocycles. The fourth-order valence-electron chi connectivity index (χ4n) is 2.77. The molecule has 1 heterocycles. The predicted octanol–water partition coefficient (Wildman–Crippen LogP) is 2.54. The van der Waals surface area contributed by atoms with Crippen molar-refractivity contribution in [3.63, 3.8) is 0 Å². The number of methoxy groups -OCH3 is 1. The number of hydrogen-bond acceptors (Lipinski definition) is 4. The van der Waals surface area contributed by atoms with Gasteiger partial charge in [-0.15, -0.1) is 0 Å². The molecule has 0 spiro atoms. The number of rotatable bonds is 3. The van der Waals surface area contributed by atoms with Gasteiger partial charge in [-0.1, -0.05) is 12.1 Å². The quantitative estimate of drug-likeness (QED) is 0.884. The van der Waals surface area contributed by atoms with E-state index in [0.29, 0.717) is 11.4 Å². The van der Waals surface area contributed by atoms with Crippen LogP contribution in [0.3, 0.4) is 0 Å². The molecule has 1 aliphatic rings. The van der Waals surface area contributed by atoms with E-state index >= 15 is 0 Å². The average Bonchev–Trinajstić information content (AvgIpc) is 2.98. The van der Waals surface area contributed by atoms with Crippen LogP contribution < -0.4 is 5.32 Å². The van der Waals surface area contributed by atoms with E-state index in [2.05, 4.69) is 10.3 Å². The van der Waals surface area contributed by atoms with Crippen LogP contribution in [0.25, 0.3) is 0 Å². The van der Waals surface area contributed by atoms with Gasteiger partial charge in [0.15, 0.2) is 0 Å². The van der Waals surface area contributed by atoms with Crippen molar-refractivity contribution in [3.8, 4) is 0 Å². The minimum atomic E-state index is -0.390. The highest BCUT2D eigenvalue weighted by Gasteiger charge is 2.29. The maximum absolute atomic E-state index is 12.5. The second-order valence-electron chi connectivity index (χ2n) is 5.20. The summed E-state index contributed by atoms with van der Waals surface area (Å²) in [5.41, 5.74) is 2.48. The zero-order chi connectivity index (χ0) is 15.5. The monoisotopic (exact) mass is 296 g/mol. The third-order valence-corrected chi connectivity index (χ3v) is 3.88. The summed E-state index contributed by atoms with van der Waals surface area (Å²) in [6, 6.07) is 10.8. The fraction of sp³-hybridized carbons (Fsp3) is 0.235. The van der Waals surface area contributed by atoms with E-state index in [-0.39, 0.29) is 11.8 Å². The summed E-state index contributed by atoms with van der Waals surface area (Å²) in [5.74, 6) is -0.218. The van der Waals surface area contributed by atoms with Crippen molar-refractivity contribution in [3.05, 3.63) is 59.3 Å². The van der Waals surface area contributed by atoms with E-state index in [4.69, 9.17) is 4.74 Å². The molecule has 22 heavy (non-hydrogen) atoms. The molecule has 0 fully saturated rings. The van der Waals surface area contributed by atoms with E-state index in [1.54, 1.807) is 30.5 Å². The predicted molar refractivity (Wildman–Crippen MR) is 81.7 cm³/mol. The SMILES string of the molecule is COC(=O)c1ccc2c(c1)C(C(=O)Nc1ccccn1)CC2. The molecule has 0 saturated carbocycles. The molecule has 1 aromatic heterocycles. The number of amides is 1. The van der Waals surface area contributed by atoms with E-state index in [1.807, 2.05) is 12.1 Å². The van der Waals surface area contributed by atoms with E-state index in [9.17, 15) is 9.59 Å². The number of aromatic nitrogens is 1. The maximum Gasteiger partial charge on any atom is 0.337 e. The highest BCUT2D eigenvalue weighted by atomic mass is 16.5. The Bertz CT molecular complexity index is 713. The molecule has 0 radical (unpaired) electrons. The Hall–Kier alpha value is -2.69. The standard InChI is InChI=1S/C17H16N2O3/c1-22-17(21)12-6-5-11-7-8-13(14(11)10-12)16(20)19-15-4-2-3-9-18-15/h2-6,9-10,13H,7-8H2,1H3,(H,18,19,20). The van der Waals surface area contributed by atoms with Crippen LogP contribution in [0.15, 0.2) is 42.6 Å². The van der Waals surface area contributed by atoms with Crippen molar-refractivity contribution in [2.24, 2.45) is 0 Å². The molecule has 1 aliphatic carbocycles. The van der Waals surface area contributed by atoms with Crippen molar-refractivity contribution in [1.82, 2.24) is 4.98 Å². The number of esters is 1. The van der Waals surface area contributed by atoms with Gasteiger partial charge in [-0.3, -0.25) is 4.79 Å². The van der Waals surface area contributed by atoms with Gasteiger partial charge >= 0.3 is 5.97 Å². The number of anilines is 1. The second-order valence-corrected chi connectivity index (χ2v) is 5.20. The molecule has 1 atom stereocenters. The summed E-state index contributed by atoms with van der Waals surface area (Å²) in [7, 11) is 1.35. The van der Waals surface area contributed by atoms with Crippen molar-refractivity contribution >= 4 is 17.7 Å². The van der Waals surface area contributed by atoms with Gasteiger partial charge in [-0.25, -0.2) is 9.78 Å². The van der Waals surface area contributed by atoms with Gasteiger partial charge in [0.05, 0.1) is 18.6 Å². The zero-order valence-corrected chi connectivity index (χ0v) is 12.2. The Morgan fingerprint density at radius 1 is 1.27 bits per heavy atom. The lowest BCUT2D eigenvalue weighted by molar-refractivity contribution is -0.117. The third-order valence-electron chi connectivity index (χ3n) is 3.88. The number of benzene rings is 1. The first kappa shape index (κ1) is 14.3. The van der Waals surface area contributed by atoms with Gasteiger partial charge in [-0.2, -0.15) is 0 Å². The van der Waals surface area contributed by atoms with Crippen LogP contribution in [0.4, 0.5) is 5.82 Å². The highest BCUT2D eigenvalue weighted by molar-refractivity contribution is 5.97. The van der Waals surface area contributed by atoms with Gasteiger partial charge in [-0.05, 0) is 48.2 Å². The van der Waals surface area contributed by atoms with Gasteiger partial charge in [0, 0.05) is 6.20 Å². The van der Waals surface area contributed by atoms with Crippen LogP contribution in [0.2, 0.25) is 0 Å². The summed E-state index contributed by atoms with van der Waals surface area (Å²) < 4.78 is 4.74. The molecular weight excluding hydrogens is 280 g/mol. The molecule has 0 aliphatic heterocycles. The Kier molecular flexibility index (Phi) is 3.87. The van der Waals surface area contributed by atoms with Gasteiger partial charge in [0.1, 0.15) is 5.82 Å². The molecule has 1 amide bonds. The van der Waals surface area contributed by atoms with Gasteiger partial charge in [0.25, 0.3) is 0 Å². The minimum Gasteiger partial charge on any atom is -0.465 e. The number of aryl methyl sites for hydroxylation is 1. The fourth-order valence-corrected chi connectivity index (χ4v) is 2.77. The number of carbonyl (C=O) groups excluding carboxylic acids is 2. The number of carbonyl (C=O) groups is 2. The molecule has 5 heteroatoms. The second kappa shape index (κ2) is 5.97. The van der Waals surface area contributed by atoms with E-state index in [0.717, 1.165) is 24.0 Å². The van der Waals surface area contributed by atoms with Crippen molar-refractivity contribution in [2.45, 2.75) is 18.8 Å². The normalized spacial score (nSPS) is 16.0. The van der Waals surface area contributed by atoms with Crippen LogP contribution in [-0.2, 0) is 16.0 Å². The topological polar surface area (TPSA) is 68.3 Å². The Labute approximate surface area is 128 Å². The van der Waals surface area contributed by atoms with Gasteiger partial charge in [0.2, 0.25) is 5.91 Å². The Morgan fingerprint density at radius 3 is 2.86 bits per heavy atom. The van der Waals surface area contributed by atoms with E-state index < -0.39 is 5.97 Å². The summed E-state index contributed by atoms with van der Waals surface area (Å²) >= 11 is 0. The average molecular weight is 296 g/mol. The summed E-state index contributed by atoms with van der Waals surface area (Å²) in [5, 5.41) is 2.82. The molecule has 1 N–H and O–H groups in total. The van der Waals surface area contributed by atoms with Crippen LogP contribution in [-0.4, -0.2) is 24.0 Å². The molecule has 5 nitrogen and oxygen atoms in total. The lowest BCUT2D eigenvalue weighted by Gasteiger charge is -2.12. The number of hydrogen-bond donors (Lipinski definition) is 1. The first-order valence-corrected chi connectivity index (χ1v) is 7.12. The van der Waals surface area contributed by atoms with Crippen LogP contribution in [0.1, 0.15) is 33.8 Å². The lowest BCUT2D eigenvalue weighted by atomic mass is 9.98. The van der Waals surface area contributed by atoms with Gasteiger partial charge < -0.3 is 10.1 Å². The number of fused-ring (bicyclic) bond motifs is 1. The molecule has 3 rings (SSSR count). The Morgan fingerprint density at radius 2 is 2.14 bits per heavy atom. The molecule has 112 valence electrons. The smallest absolute Gasteiger partial charge is 0.337 e. The van der Waals surface area contributed by atoms with Crippen molar-refractivity contribution < 1.29 is 14.3 Å². The number of pyridine rings is 1. The number of nitrogens with one attached hydrogen (secondary N) is 1. The van der Waals surface area contributed by atoms with Crippen LogP contribution in [0, 0.1) is 0 Å². The summed E-state index contributed by atoms with van der Waals surface area (Å²) in [6.45, 7) is 0. The maximum atomic E-state index is 12.5. The number of ether oxygens (including phenoxy) is 1. The third kappa shape index (κ3) is 2.70.